The normalized spacial score (nSPS) is 19.5. The highest BCUT2D eigenvalue weighted by Crippen LogP contribution is 2.30. The maximum absolute atomic E-state index is 13.0. The molecule has 2 aromatic carbocycles. The molecule has 1 amide bonds. The molecule has 6 nitrogen and oxygen atoms in total. The molecule has 5 rings (SSSR count). The topological polar surface area (TPSA) is 71.3 Å². The summed E-state index contributed by atoms with van der Waals surface area (Å²) in [5, 5.41) is 7.50. The predicted molar refractivity (Wildman–Crippen MR) is 123 cm³/mol. The average Bonchev–Trinajstić information content (AvgIpc) is 3.28. The maximum atomic E-state index is 13.0. The number of piperidine rings is 1. The quantitative estimate of drug-likeness (QED) is 0.647. The third-order valence-electron chi connectivity index (χ3n) is 6.86. The summed E-state index contributed by atoms with van der Waals surface area (Å²) in [6.45, 7) is 4.40. The minimum Gasteiger partial charge on any atom is -0.349 e. The van der Waals surface area contributed by atoms with E-state index in [0.29, 0.717) is 18.3 Å². The summed E-state index contributed by atoms with van der Waals surface area (Å²) >= 11 is 0. The van der Waals surface area contributed by atoms with Gasteiger partial charge in [0.1, 0.15) is 0 Å². The Balaban J connectivity index is 1.14. The highest BCUT2D eigenvalue weighted by molar-refractivity contribution is 5.79. The molecule has 0 radical (unpaired) electrons. The first kappa shape index (κ1) is 20.9. The fourth-order valence-electron chi connectivity index (χ4n) is 4.99. The van der Waals surface area contributed by atoms with Gasteiger partial charge in [0.25, 0.3) is 0 Å². The molecule has 1 aliphatic carbocycles. The van der Waals surface area contributed by atoms with E-state index in [9.17, 15) is 4.79 Å². The van der Waals surface area contributed by atoms with Crippen LogP contribution >= 0.6 is 0 Å². The van der Waals surface area contributed by atoms with Gasteiger partial charge in [-0.3, -0.25) is 9.69 Å². The van der Waals surface area contributed by atoms with E-state index in [2.05, 4.69) is 44.6 Å². The molecule has 1 saturated heterocycles. The predicted octanol–water partition coefficient (Wildman–Crippen LogP) is 4.45. The Morgan fingerprint density at radius 3 is 2.72 bits per heavy atom. The maximum Gasteiger partial charge on any atom is 0.241 e. The number of hydrogen-bond donors (Lipinski definition) is 1. The van der Waals surface area contributed by atoms with E-state index in [4.69, 9.17) is 4.52 Å². The van der Waals surface area contributed by atoms with Gasteiger partial charge in [0.15, 0.2) is 0 Å². The number of nitrogens with zero attached hydrogens (tertiary/aromatic N) is 3. The van der Waals surface area contributed by atoms with Crippen molar-refractivity contribution in [1.82, 2.24) is 20.4 Å². The molecule has 3 aromatic rings. The van der Waals surface area contributed by atoms with E-state index in [-0.39, 0.29) is 17.9 Å². The molecule has 1 N–H and O–H groups in total. The first-order valence-corrected chi connectivity index (χ1v) is 11.7. The van der Waals surface area contributed by atoms with Gasteiger partial charge in [-0.25, -0.2) is 0 Å². The Morgan fingerprint density at radius 1 is 1.09 bits per heavy atom. The number of aryl methyl sites for hydroxylation is 2. The third kappa shape index (κ3) is 4.46. The van der Waals surface area contributed by atoms with Crippen molar-refractivity contribution in [3.63, 3.8) is 0 Å². The molecule has 0 bridgehead atoms. The van der Waals surface area contributed by atoms with Gasteiger partial charge in [-0.15, -0.1) is 0 Å². The van der Waals surface area contributed by atoms with Crippen LogP contribution in [-0.2, 0) is 17.8 Å². The molecule has 1 aromatic heterocycles. The molecule has 6 heteroatoms. The van der Waals surface area contributed by atoms with Gasteiger partial charge in [-0.05, 0) is 68.8 Å². The second-order valence-corrected chi connectivity index (χ2v) is 9.03. The minimum absolute atomic E-state index is 0.0746. The van der Waals surface area contributed by atoms with Crippen molar-refractivity contribution in [2.75, 3.05) is 13.1 Å². The van der Waals surface area contributed by atoms with Crippen molar-refractivity contribution >= 4 is 5.91 Å². The standard InChI is InChI=1S/C26H30N4O2/c1-18-7-2-4-10-21(18)25-28-24(32-29-25)17-30-15-13-20(14-16-30)26(31)27-23-12-6-9-19-8-3-5-11-22(19)23/h2-5,7-8,10-11,20,23H,6,9,12-17H2,1H3,(H,27,31). The Bertz CT molecular complexity index is 1080. The first-order chi connectivity index (χ1) is 15.7. The second kappa shape index (κ2) is 9.25. The SMILES string of the molecule is Cc1ccccc1-c1noc(CN2CCC(C(=O)NC3CCCc4ccccc43)CC2)n1. The number of carbonyl (C=O) groups is 1. The summed E-state index contributed by atoms with van der Waals surface area (Å²) < 4.78 is 5.50. The molecule has 0 saturated carbocycles. The number of fused-ring (bicyclic) bond motifs is 1. The molecule has 1 atom stereocenters. The van der Waals surface area contributed by atoms with Crippen LogP contribution in [0.5, 0.6) is 0 Å². The highest BCUT2D eigenvalue weighted by Gasteiger charge is 2.29. The number of carbonyl (C=O) groups excluding carboxylic acids is 1. The van der Waals surface area contributed by atoms with Crippen molar-refractivity contribution < 1.29 is 9.32 Å². The van der Waals surface area contributed by atoms with E-state index in [1.807, 2.05) is 31.2 Å². The summed E-state index contributed by atoms with van der Waals surface area (Å²) in [5.74, 6) is 1.54. The van der Waals surface area contributed by atoms with Crippen molar-refractivity contribution in [3.05, 3.63) is 71.1 Å². The molecule has 1 fully saturated rings. The number of amides is 1. The fourth-order valence-corrected chi connectivity index (χ4v) is 4.99. The summed E-state index contributed by atoms with van der Waals surface area (Å²) in [4.78, 5) is 19.9. The monoisotopic (exact) mass is 430 g/mol. The minimum atomic E-state index is 0.0746. The number of rotatable bonds is 5. The summed E-state index contributed by atoms with van der Waals surface area (Å²) in [6, 6.07) is 16.7. The summed E-state index contributed by atoms with van der Waals surface area (Å²) in [7, 11) is 0. The van der Waals surface area contributed by atoms with Crippen molar-refractivity contribution in [3.8, 4) is 11.4 Å². The van der Waals surface area contributed by atoms with Crippen LogP contribution in [0.2, 0.25) is 0 Å². The number of likely N-dealkylation sites (tertiary alicyclic amines) is 1. The van der Waals surface area contributed by atoms with Gasteiger partial charge in [-0.1, -0.05) is 53.7 Å². The number of benzene rings is 2. The van der Waals surface area contributed by atoms with Crippen LogP contribution in [0.1, 0.15) is 54.3 Å². The number of aromatic nitrogens is 2. The Morgan fingerprint density at radius 2 is 1.88 bits per heavy atom. The van der Waals surface area contributed by atoms with Crippen LogP contribution in [0.3, 0.4) is 0 Å². The van der Waals surface area contributed by atoms with Crippen LogP contribution in [0.15, 0.2) is 53.1 Å². The molecule has 1 aliphatic heterocycles. The van der Waals surface area contributed by atoms with Crippen molar-refractivity contribution in [1.29, 1.82) is 0 Å². The zero-order valence-electron chi connectivity index (χ0n) is 18.6. The van der Waals surface area contributed by atoms with Gasteiger partial charge in [0, 0.05) is 11.5 Å². The molecule has 32 heavy (non-hydrogen) atoms. The molecule has 1 unspecified atom stereocenters. The fraction of sp³-hybridized carbons (Fsp3) is 0.423. The largest absolute Gasteiger partial charge is 0.349 e. The van der Waals surface area contributed by atoms with Crippen LogP contribution in [-0.4, -0.2) is 34.0 Å². The Hall–Kier alpha value is -2.99. The van der Waals surface area contributed by atoms with Gasteiger partial charge in [0.05, 0.1) is 12.6 Å². The Labute approximate surface area is 189 Å². The van der Waals surface area contributed by atoms with E-state index in [1.54, 1.807) is 0 Å². The average molecular weight is 431 g/mol. The van der Waals surface area contributed by atoms with E-state index < -0.39 is 0 Å². The van der Waals surface area contributed by atoms with Crippen molar-refractivity contribution in [2.24, 2.45) is 5.92 Å². The zero-order valence-corrected chi connectivity index (χ0v) is 18.6. The third-order valence-corrected chi connectivity index (χ3v) is 6.86. The van der Waals surface area contributed by atoms with Crippen LogP contribution < -0.4 is 5.32 Å². The Kier molecular flexibility index (Phi) is 6.04. The van der Waals surface area contributed by atoms with Crippen LogP contribution in [0.25, 0.3) is 11.4 Å². The molecule has 2 aliphatic rings. The molecule has 0 spiro atoms. The summed E-state index contributed by atoms with van der Waals surface area (Å²) in [6.07, 6.45) is 5.00. The van der Waals surface area contributed by atoms with E-state index in [1.165, 1.54) is 11.1 Å². The summed E-state index contributed by atoms with van der Waals surface area (Å²) in [5.41, 5.74) is 4.81. The van der Waals surface area contributed by atoms with Crippen molar-refractivity contribution in [2.45, 2.75) is 51.6 Å². The lowest BCUT2D eigenvalue weighted by molar-refractivity contribution is -0.127. The van der Waals surface area contributed by atoms with Crippen LogP contribution in [0, 0.1) is 12.8 Å². The van der Waals surface area contributed by atoms with Crippen LogP contribution in [0.4, 0.5) is 0 Å². The lowest BCUT2D eigenvalue weighted by Gasteiger charge is -2.32. The molecule has 166 valence electrons. The first-order valence-electron chi connectivity index (χ1n) is 11.7. The zero-order chi connectivity index (χ0) is 21.9. The lowest BCUT2D eigenvalue weighted by atomic mass is 9.87. The van der Waals surface area contributed by atoms with Gasteiger partial charge < -0.3 is 9.84 Å². The number of nitrogens with one attached hydrogen (secondary N) is 1. The van der Waals surface area contributed by atoms with Gasteiger partial charge in [0.2, 0.25) is 17.6 Å². The number of hydrogen-bond acceptors (Lipinski definition) is 5. The lowest BCUT2D eigenvalue weighted by Crippen LogP contribution is -2.41. The molecular weight excluding hydrogens is 400 g/mol. The van der Waals surface area contributed by atoms with E-state index >= 15 is 0 Å². The second-order valence-electron chi connectivity index (χ2n) is 9.03. The molecule has 2 heterocycles. The van der Waals surface area contributed by atoms with Gasteiger partial charge in [-0.2, -0.15) is 4.98 Å². The highest BCUT2D eigenvalue weighted by atomic mass is 16.5. The van der Waals surface area contributed by atoms with E-state index in [0.717, 1.165) is 56.3 Å². The van der Waals surface area contributed by atoms with Gasteiger partial charge >= 0.3 is 0 Å². The smallest absolute Gasteiger partial charge is 0.241 e. The molecular formula is C26H30N4O2.